The lowest BCUT2D eigenvalue weighted by atomic mass is 10.1. The van der Waals surface area contributed by atoms with Gasteiger partial charge in [-0.1, -0.05) is 17.8 Å². The molecule has 0 N–H and O–H groups in total. The first kappa shape index (κ1) is 11.4. The molecule has 0 unspecified atom stereocenters. The number of aryl methyl sites for hydroxylation is 2. The topological polar surface area (TPSA) is 23.8 Å². The highest BCUT2D eigenvalue weighted by molar-refractivity contribution is 7.99. The molecule has 3 rings (SSSR count). The van der Waals surface area contributed by atoms with Crippen LogP contribution >= 0.6 is 11.8 Å². The van der Waals surface area contributed by atoms with Gasteiger partial charge in [-0.2, -0.15) is 5.26 Å². The molecule has 0 radical (unpaired) electrons. The third kappa shape index (κ3) is 2.27. The maximum Gasteiger partial charge on any atom is 0.0991 e. The van der Waals surface area contributed by atoms with Crippen LogP contribution in [0.5, 0.6) is 0 Å². The van der Waals surface area contributed by atoms with E-state index in [-0.39, 0.29) is 0 Å². The van der Waals surface area contributed by atoms with Crippen molar-refractivity contribution in [3.05, 3.63) is 59.2 Å². The predicted molar refractivity (Wildman–Crippen MR) is 73.7 cm³/mol. The summed E-state index contributed by atoms with van der Waals surface area (Å²) in [6.45, 7) is 0. The SMILES string of the molecule is N#Cc1ccc(Sc2ccc3c(c2)CCC3)cc1. The fourth-order valence-electron chi connectivity index (χ4n) is 2.35. The third-order valence-electron chi connectivity index (χ3n) is 3.29. The first-order chi connectivity index (χ1) is 8.85. The summed E-state index contributed by atoms with van der Waals surface area (Å²) in [6, 6.07) is 16.7. The summed E-state index contributed by atoms with van der Waals surface area (Å²) in [6.07, 6.45) is 3.74. The van der Waals surface area contributed by atoms with Crippen molar-refractivity contribution in [2.24, 2.45) is 0 Å². The summed E-state index contributed by atoms with van der Waals surface area (Å²) in [7, 11) is 0. The van der Waals surface area contributed by atoms with Gasteiger partial charge in [-0.25, -0.2) is 0 Å². The Morgan fingerprint density at radius 3 is 2.39 bits per heavy atom. The van der Waals surface area contributed by atoms with Crippen molar-refractivity contribution >= 4 is 11.8 Å². The van der Waals surface area contributed by atoms with Crippen LogP contribution in [0.15, 0.2) is 52.3 Å². The van der Waals surface area contributed by atoms with Crippen LogP contribution < -0.4 is 0 Å². The zero-order valence-electron chi connectivity index (χ0n) is 10.0. The van der Waals surface area contributed by atoms with Gasteiger partial charge in [0.15, 0.2) is 0 Å². The predicted octanol–water partition coefficient (Wildman–Crippen LogP) is 4.20. The van der Waals surface area contributed by atoms with Crippen LogP contribution in [0.3, 0.4) is 0 Å². The molecule has 0 heterocycles. The Bertz CT molecular complexity index is 608. The summed E-state index contributed by atoms with van der Waals surface area (Å²) in [4.78, 5) is 2.48. The molecule has 0 bridgehead atoms. The van der Waals surface area contributed by atoms with E-state index >= 15 is 0 Å². The van der Waals surface area contributed by atoms with E-state index in [1.54, 1.807) is 11.8 Å². The van der Waals surface area contributed by atoms with E-state index in [1.165, 1.54) is 40.2 Å². The Morgan fingerprint density at radius 1 is 0.889 bits per heavy atom. The van der Waals surface area contributed by atoms with Crippen molar-refractivity contribution in [2.75, 3.05) is 0 Å². The van der Waals surface area contributed by atoms with Gasteiger partial charge < -0.3 is 0 Å². The van der Waals surface area contributed by atoms with Gasteiger partial charge in [-0.05, 0) is 66.8 Å². The number of fused-ring (bicyclic) bond motifs is 1. The number of hydrogen-bond donors (Lipinski definition) is 0. The molecule has 0 fully saturated rings. The number of nitriles is 1. The Balaban J connectivity index is 1.81. The van der Waals surface area contributed by atoms with Crippen molar-refractivity contribution in [1.29, 1.82) is 5.26 Å². The molecule has 1 nitrogen and oxygen atoms in total. The third-order valence-corrected chi connectivity index (χ3v) is 4.29. The monoisotopic (exact) mass is 251 g/mol. The van der Waals surface area contributed by atoms with E-state index in [0.29, 0.717) is 5.56 Å². The van der Waals surface area contributed by atoms with Crippen molar-refractivity contribution in [2.45, 2.75) is 29.1 Å². The highest BCUT2D eigenvalue weighted by Gasteiger charge is 2.11. The molecule has 0 saturated carbocycles. The van der Waals surface area contributed by atoms with Crippen molar-refractivity contribution in [1.82, 2.24) is 0 Å². The van der Waals surface area contributed by atoms with E-state index in [0.717, 1.165) is 0 Å². The minimum atomic E-state index is 0.716. The van der Waals surface area contributed by atoms with Crippen LogP contribution in [0.2, 0.25) is 0 Å². The second kappa shape index (κ2) is 4.88. The molecule has 18 heavy (non-hydrogen) atoms. The Morgan fingerprint density at radius 2 is 1.61 bits per heavy atom. The van der Waals surface area contributed by atoms with E-state index < -0.39 is 0 Å². The van der Waals surface area contributed by atoms with Crippen molar-refractivity contribution < 1.29 is 0 Å². The van der Waals surface area contributed by atoms with Crippen LogP contribution in [0.25, 0.3) is 0 Å². The van der Waals surface area contributed by atoms with Crippen LogP contribution in [-0.2, 0) is 12.8 Å². The number of hydrogen-bond acceptors (Lipinski definition) is 2. The lowest BCUT2D eigenvalue weighted by molar-refractivity contribution is 0.911. The second-order valence-electron chi connectivity index (χ2n) is 4.52. The molecule has 0 amide bonds. The van der Waals surface area contributed by atoms with Gasteiger partial charge in [-0.15, -0.1) is 0 Å². The largest absolute Gasteiger partial charge is 0.192 e. The number of nitrogens with zero attached hydrogens (tertiary/aromatic N) is 1. The maximum atomic E-state index is 8.77. The highest BCUT2D eigenvalue weighted by Crippen LogP contribution is 2.32. The quantitative estimate of drug-likeness (QED) is 0.798. The molecule has 0 saturated heterocycles. The summed E-state index contributed by atoms with van der Waals surface area (Å²) in [5.41, 5.74) is 3.74. The van der Waals surface area contributed by atoms with E-state index in [4.69, 9.17) is 5.26 Å². The zero-order valence-corrected chi connectivity index (χ0v) is 10.8. The first-order valence-electron chi connectivity index (χ1n) is 6.15. The molecule has 2 heteroatoms. The standard InChI is InChI=1S/C16H13NS/c17-11-12-4-7-15(8-5-12)18-16-9-6-13-2-1-3-14(13)10-16/h4-10H,1-3H2. The molecule has 0 atom stereocenters. The number of benzene rings is 2. The zero-order chi connectivity index (χ0) is 12.4. The average Bonchev–Trinajstić information content (AvgIpc) is 2.87. The second-order valence-corrected chi connectivity index (χ2v) is 5.67. The van der Waals surface area contributed by atoms with Crippen LogP contribution in [-0.4, -0.2) is 0 Å². The van der Waals surface area contributed by atoms with Gasteiger partial charge in [0.1, 0.15) is 0 Å². The molecule has 1 aliphatic rings. The van der Waals surface area contributed by atoms with Gasteiger partial charge in [-0.3, -0.25) is 0 Å². The first-order valence-corrected chi connectivity index (χ1v) is 6.96. The smallest absolute Gasteiger partial charge is 0.0991 e. The van der Waals surface area contributed by atoms with Gasteiger partial charge in [0.25, 0.3) is 0 Å². The fourth-order valence-corrected chi connectivity index (χ4v) is 3.23. The molecule has 2 aromatic rings. The molecule has 0 aromatic heterocycles. The Hall–Kier alpha value is -1.72. The van der Waals surface area contributed by atoms with Crippen LogP contribution in [0.4, 0.5) is 0 Å². The molecule has 2 aromatic carbocycles. The summed E-state index contributed by atoms with van der Waals surface area (Å²) in [5.74, 6) is 0. The molecule has 88 valence electrons. The molecule has 0 spiro atoms. The van der Waals surface area contributed by atoms with Gasteiger partial charge in [0.05, 0.1) is 11.6 Å². The van der Waals surface area contributed by atoms with Gasteiger partial charge >= 0.3 is 0 Å². The van der Waals surface area contributed by atoms with E-state index in [1.807, 2.05) is 24.3 Å². The minimum absolute atomic E-state index is 0.716. The Kier molecular flexibility index (Phi) is 3.08. The summed E-state index contributed by atoms with van der Waals surface area (Å²) in [5, 5.41) is 8.77. The fraction of sp³-hybridized carbons (Fsp3) is 0.188. The van der Waals surface area contributed by atoms with Crippen LogP contribution in [0, 0.1) is 11.3 Å². The molecule has 1 aliphatic carbocycles. The number of rotatable bonds is 2. The van der Waals surface area contributed by atoms with Gasteiger partial charge in [0, 0.05) is 9.79 Å². The molecular formula is C16H13NS. The van der Waals surface area contributed by atoms with E-state index in [2.05, 4.69) is 24.3 Å². The normalized spacial score (nSPS) is 13.1. The maximum absolute atomic E-state index is 8.77. The molecule has 0 aliphatic heterocycles. The Labute approximate surface area is 111 Å². The lowest BCUT2D eigenvalue weighted by Crippen LogP contribution is -1.82. The van der Waals surface area contributed by atoms with Crippen molar-refractivity contribution in [3.8, 4) is 6.07 Å². The average molecular weight is 251 g/mol. The van der Waals surface area contributed by atoms with Gasteiger partial charge in [0.2, 0.25) is 0 Å². The summed E-state index contributed by atoms with van der Waals surface area (Å²) < 4.78 is 0. The van der Waals surface area contributed by atoms with Crippen molar-refractivity contribution in [3.63, 3.8) is 0 Å². The van der Waals surface area contributed by atoms with Crippen LogP contribution in [0.1, 0.15) is 23.1 Å². The van der Waals surface area contributed by atoms with E-state index in [9.17, 15) is 0 Å². The molecular weight excluding hydrogens is 238 g/mol. The summed E-state index contributed by atoms with van der Waals surface area (Å²) >= 11 is 1.76. The minimum Gasteiger partial charge on any atom is -0.192 e. The lowest BCUT2D eigenvalue weighted by Gasteiger charge is -2.05. The highest BCUT2D eigenvalue weighted by atomic mass is 32.2.